The molecule has 2 aromatic heterocycles. The molecule has 0 aromatic carbocycles. The largest absolute Gasteiger partial charge is 0.378 e. The van der Waals surface area contributed by atoms with E-state index < -0.39 is 0 Å². The molecule has 0 bridgehead atoms. The van der Waals surface area contributed by atoms with Crippen LogP contribution in [0.2, 0.25) is 0 Å². The maximum atomic E-state index is 12.5. The van der Waals surface area contributed by atoms with Crippen molar-refractivity contribution in [2.75, 3.05) is 32.8 Å². The Morgan fingerprint density at radius 1 is 1.15 bits per heavy atom. The molecule has 2 aromatic rings. The van der Waals surface area contributed by atoms with Crippen LogP contribution in [0.4, 0.5) is 0 Å². The summed E-state index contributed by atoms with van der Waals surface area (Å²) in [6, 6.07) is 5.63. The van der Waals surface area contributed by atoms with E-state index in [2.05, 4.69) is 10.1 Å². The summed E-state index contributed by atoms with van der Waals surface area (Å²) in [5.74, 6) is 0.161. The molecule has 2 aliphatic rings. The minimum atomic E-state index is 0.00601. The van der Waals surface area contributed by atoms with Crippen molar-refractivity contribution >= 4 is 11.8 Å². The topological polar surface area (TPSA) is 83.5 Å². The summed E-state index contributed by atoms with van der Waals surface area (Å²) in [6.07, 6.45) is 2.84. The molecule has 0 atom stereocenters. The number of carbonyl (C=O) groups excluding carboxylic acids is 2. The highest BCUT2D eigenvalue weighted by Gasteiger charge is 2.24. The number of ether oxygens (including phenoxy) is 1. The van der Waals surface area contributed by atoms with E-state index in [9.17, 15) is 9.59 Å². The van der Waals surface area contributed by atoms with Gasteiger partial charge in [-0.25, -0.2) is 0 Å². The van der Waals surface area contributed by atoms with E-state index in [1.54, 1.807) is 12.3 Å². The molecule has 0 unspecified atom stereocenters. The number of nitrogens with one attached hydrogen (secondary N) is 1. The fourth-order valence-corrected chi connectivity index (χ4v) is 3.46. The van der Waals surface area contributed by atoms with Crippen LogP contribution in [0.5, 0.6) is 0 Å². The molecule has 138 valence electrons. The van der Waals surface area contributed by atoms with Gasteiger partial charge in [-0.15, -0.1) is 0 Å². The molecule has 0 aliphatic carbocycles. The van der Waals surface area contributed by atoms with Crippen molar-refractivity contribution in [1.82, 2.24) is 24.6 Å². The summed E-state index contributed by atoms with van der Waals surface area (Å²) in [7, 11) is 0. The highest BCUT2D eigenvalue weighted by Crippen LogP contribution is 2.17. The van der Waals surface area contributed by atoms with Crippen molar-refractivity contribution in [1.29, 1.82) is 0 Å². The Morgan fingerprint density at radius 3 is 2.77 bits per heavy atom. The van der Waals surface area contributed by atoms with Crippen molar-refractivity contribution in [2.24, 2.45) is 0 Å². The Kier molecular flexibility index (Phi) is 4.75. The number of aromatic nitrogens is 3. The molecule has 1 N–H and O–H groups in total. The molecule has 4 rings (SSSR count). The van der Waals surface area contributed by atoms with E-state index >= 15 is 0 Å². The second-order valence-corrected chi connectivity index (χ2v) is 6.65. The van der Waals surface area contributed by atoms with Gasteiger partial charge in [0.1, 0.15) is 5.69 Å². The fraction of sp³-hybridized carbons (Fsp3) is 0.500. The lowest BCUT2D eigenvalue weighted by molar-refractivity contribution is -0.135. The molecule has 0 saturated carbocycles. The Labute approximate surface area is 151 Å². The van der Waals surface area contributed by atoms with Crippen LogP contribution in [0, 0.1) is 0 Å². The number of hydrogen-bond donors (Lipinski definition) is 1. The van der Waals surface area contributed by atoms with Gasteiger partial charge in [0.15, 0.2) is 0 Å². The van der Waals surface area contributed by atoms with E-state index in [1.165, 1.54) is 0 Å². The third-order valence-corrected chi connectivity index (χ3v) is 4.92. The van der Waals surface area contributed by atoms with Gasteiger partial charge in [-0.3, -0.25) is 14.3 Å². The van der Waals surface area contributed by atoms with Gasteiger partial charge in [-0.2, -0.15) is 5.10 Å². The maximum absolute atomic E-state index is 12.5. The van der Waals surface area contributed by atoms with Crippen molar-refractivity contribution in [2.45, 2.75) is 25.9 Å². The van der Waals surface area contributed by atoms with E-state index in [0.717, 1.165) is 11.4 Å². The van der Waals surface area contributed by atoms with E-state index in [1.807, 2.05) is 26.6 Å². The van der Waals surface area contributed by atoms with Crippen LogP contribution < -0.4 is 0 Å². The summed E-state index contributed by atoms with van der Waals surface area (Å²) in [5, 5.41) is 4.60. The number of fused-ring (bicyclic) bond motifs is 1. The lowest BCUT2D eigenvalue weighted by Crippen LogP contribution is -2.40. The quantitative estimate of drug-likeness (QED) is 0.871. The summed E-state index contributed by atoms with van der Waals surface area (Å²) in [5.41, 5.74) is 2.54. The Morgan fingerprint density at radius 2 is 2.00 bits per heavy atom. The minimum absolute atomic E-state index is 0.00601. The Hall–Kier alpha value is -2.61. The molecular formula is C18H23N5O3. The molecule has 8 heteroatoms. The van der Waals surface area contributed by atoms with Gasteiger partial charge in [0.05, 0.1) is 37.7 Å². The number of rotatable bonds is 4. The number of hydrogen-bond acceptors (Lipinski definition) is 4. The lowest BCUT2D eigenvalue weighted by atomic mass is 10.2. The first-order valence-corrected chi connectivity index (χ1v) is 9.04. The monoisotopic (exact) mass is 357 g/mol. The summed E-state index contributed by atoms with van der Waals surface area (Å²) >= 11 is 0. The number of aromatic amines is 1. The zero-order valence-electron chi connectivity index (χ0n) is 14.7. The normalized spacial score (nSPS) is 17.2. The zero-order chi connectivity index (χ0) is 17.9. The van der Waals surface area contributed by atoms with Crippen molar-refractivity contribution in [3.63, 3.8) is 0 Å². The lowest BCUT2D eigenvalue weighted by Gasteiger charge is -2.27. The van der Waals surface area contributed by atoms with Crippen LogP contribution in [0.3, 0.4) is 0 Å². The minimum Gasteiger partial charge on any atom is -0.378 e. The van der Waals surface area contributed by atoms with Crippen LogP contribution >= 0.6 is 0 Å². The second-order valence-electron chi connectivity index (χ2n) is 6.65. The standard InChI is InChI=1S/C18H23N5O3/c24-17(21-8-10-26-11-9-21)4-3-14-12-15-13-22(6-7-23(15)20-14)18(25)16-2-1-5-19-16/h1-2,5,12,19H,3-4,6-11,13H2. The summed E-state index contributed by atoms with van der Waals surface area (Å²) in [4.78, 5) is 31.4. The Balaban J connectivity index is 1.35. The van der Waals surface area contributed by atoms with E-state index in [4.69, 9.17) is 4.74 Å². The predicted molar refractivity (Wildman–Crippen MR) is 93.5 cm³/mol. The summed E-state index contributed by atoms with van der Waals surface area (Å²) < 4.78 is 7.23. The molecule has 2 amide bonds. The van der Waals surface area contributed by atoms with Crippen LogP contribution in [-0.2, 0) is 29.0 Å². The van der Waals surface area contributed by atoms with Crippen LogP contribution in [0.15, 0.2) is 24.4 Å². The number of aryl methyl sites for hydroxylation is 1. The SMILES string of the molecule is O=C(CCc1cc2n(n1)CCN(C(=O)c1ccc[nH]1)C2)N1CCOCC1. The van der Waals surface area contributed by atoms with Crippen LogP contribution in [0.25, 0.3) is 0 Å². The van der Waals surface area contributed by atoms with Crippen molar-refractivity contribution in [3.8, 4) is 0 Å². The van der Waals surface area contributed by atoms with E-state index in [-0.39, 0.29) is 11.8 Å². The maximum Gasteiger partial charge on any atom is 0.270 e. The number of nitrogens with zero attached hydrogens (tertiary/aromatic N) is 4. The molecule has 4 heterocycles. The third-order valence-electron chi connectivity index (χ3n) is 4.92. The average molecular weight is 357 g/mol. The van der Waals surface area contributed by atoms with Gasteiger partial charge in [-0.05, 0) is 18.2 Å². The first-order chi connectivity index (χ1) is 12.7. The first kappa shape index (κ1) is 16.8. The van der Waals surface area contributed by atoms with Gasteiger partial charge < -0.3 is 19.5 Å². The van der Waals surface area contributed by atoms with Gasteiger partial charge in [0, 0.05) is 38.7 Å². The number of morpholine rings is 1. The van der Waals surface area contributed by atoms with Gasteiger partial charge in [0.25, 0.3) is 5.91 Å². The molecule has 2 aliphatic heterocycles. The molecule has 26 heavy (non-hydrogen) atoms. The van der Waals surface area contributed by atoms with Crippen LogP contribution in [0.1, 0.15) is 28.3 Å². The van der Waals surface area contributed by atoms with Crippen LogP contribution in [-0.4, -0.2) is 69.2 Å². The predicted octanol–water partition coefficient (Wildman–Crippen LogP) is 0.659. The molecule has 1 fully saturated rings. The van der Waals surface area contributed by atoms with Gasteiger partial charge in [0.2, 0.25) is 5.91 Å². The molecule has 8 nitrogen and oxygen atoms in total. The first-order valence-electron chi connectivity index (χ1n) is 9.04. The van der Waals surface area contributed by atoms with Crippen molar-refractivity contribution < 1.29 is 14.3 Å². The zero-order valence-corrected chi connectivity index (χ0v) is 14.7. The molecule has 1 saturated heterocycles. The average Bonchev–Trinajstić information content (AvgIpc) is 3.35. The van der Waals surface area contributed by atoms with Gasteiger partial charge in [-0.1, -0.05) is 0 Å². The smallest absolute Gasteiger partial charge is 0.270 e. The Bertz CT molecular complexity index is 777. The fourth-order valence-electron chi connectivity index (χ4n) is 3.46. The number of amides is 2. The highest BCUT2D eigenvalue weighted by molar-refractivity contribution is 5.92. The van der Waals surface area contributed by atoms with E-state index in [0.29, 0.717) is 64.5 Å². The van der Waals surface area contributed by atoms with Crippen molar-refractivity contribution in [3.05, 3.63) is 41.5 Å². The third kappa shape index (κ3) is 3.50. The second kappa shape index (κ2) is 7.33. The molecule has 0 spiro atoms. The number of H-pyrrole nitrogens is 1. The highest BCUT2D eigenvalue weighted by atomic mass is 16.5. The number of carbonyl (C=O) groups is 2. The summed E-state index contributed by atoms with van der Waals surface area (Å²) in [6.45, 7) is 4.45. The molecule has 0 radical (unpaired) electrons. The molecular weight excluding hydrogens is 334 g/mol. The van der Waals surface area contributed by atoms with Gasteiger partial charge >= 0.3 is 0 Å².